The third kappa shape index (κ3) is 3.63. The number of carbonyl (C=O) groups excluding carboxylic acids is 1. The molecule has 108 valence electrons. The highest BCUT2D eigenvalue weighted by molar-refractivity contribution is 5.73. The Hall–Kier alpha value is -2.23. The number of benzene rings is 1. The van der Waals surface area contributed by atoms with Gasteiger partial charge in [0, 0.05) is 0 Å². The first kappa shape index (κ1) is 15.8. The highest BCUT2D eigenvalue weighted by Gasteiger charge is 2.35. The number of methoxy groups -OCH3 is 1. The molecule has 0 saturated heterocycles. The zero-order valence-corrected chi connectivity index (χ0v) is 10.9. The van der Waals surface area contributed by atoms with Gasteiger partial charge in [0.15, 0.2) is 0 Å². The second kappa shape index (κ2) is 6.28. The Morgan fingerprint density at radius 1 is 1.40 bits per heavy atom. The molecule has 0 saturated carbocycles. The van der Waals surface area contributed by atoms with Gasteiger partial charge in [-0.2, -0.15) is 18.4 Å². The minimum Gasteiger partial charge on any atom is -0.495 e. The number of hydrogen-bond donors (Lipinski definition) is 0. The summed E-state index contributed by atoms with van der Waals surface area (Å²) in [7, 11) is 1.23. The molecule has 0 fully saturated rings. The van der Waals surface area contributed by atoms with Gasteiger partial charge in [0.1, 0.15) is 11.8 Å². The summed E-state index contributed by atoms with van der Waals surface area (Å²) in [5.41, 5.74) is -1.57. The van der Waals surface area contributed by atoms with Crippen LogP contribution in [0.5, 0.6) is 5.75 Å². The van der Waals surface area contributed by atoms with E-state index in [0.29, 0.717) is 6.07 Å². The van der Waals surface area contributed by atoms with Gasteiger partial charge in [-0.05, 0) is 24.6 Å². The Morgan fingerprint density at radius 3 is 2.50 bits per heavy atom. The summed E-state index contributed by atoms with van der Waals surface area (Å²) >= 11 is 0. The van der Waals surface area contributed by atoms with Crippen molar-refractivity contribution < 1.29 is 27.4 Å². The fraction of sp³-hybridized carbons (Fsp3) is 0.385. The van der Waals surface area contributed by atoms with E-state index in [1.807, 2.05) is 0 Å². The van der Waals surface area contributed by atoms with Gasteiger partial charge >= 0.3 is 12.1 Å². The summed E-state index contributed by atoms with van der Waals surface area (Å²) in [6.45, 7) is 1.63. The number of esters is 1. The van der Waals surface area contributed by atoms with Crippen LogP contribution >= 0.6 is 0 Å². The maximum atomic E-state index is 12.9. The first-order valence-electron chi connectivity index (χ1n) is 5.67. The fourth-order valence-corrected chi connectivity index (χ4v) is 1.66. The molecule has 0 unspecified atom stereocenters. The maximum Gasteiger partial charge on any atom is 0.416 e. The highest BCUT2D eigenvalue weighted by Crippen LogP contribution is 2.36. The molecule has 0 aliphatic heterocycles. The smallest absolute Gasteiger partial charge is 0.416 e. The summed E-state index contributed by atoms with van der Waals surface area (Å²) in [6, 6.07) is 3.34. The van der Waals surface area contributed by atoms with Crippen LogP contribution in [0.2, 0.25) is 0 Å². The topological polar surface area (TPSA) is 59.3 Å². The SMILES string of the molecule is CCOC(=O)Cc1cc(OC)c(C#N)cc1C(F)(F)F. The van der Waals surface area contributed by atoms with E-state index in [4.69, 9.17) is 10.00 Å². The first-order valence-corrected chi connectivity index (χ1v) is 5.67. The summed E-state index contributed by atoms with van der Waals surface area (Å²) in [5, 5.41) is 8.81. The van der Waals surface area contributed by atoms with Crippen LogP contribution in [0.3, 0.4) is 0 Å². The number of halogens is 3. The lowest BCUT2D eigenvalue weighted by Crippen LogP contribution is -2.15. The van der Waals surface area contributed by atoms with Crippen molar-refractivity contribution in [1.82, 2.24) is 0 Å². The first-order chi connectivity index (χ1) is 9.33. The fourth-order valence-electron chi connectivity index (χ4n) is 1.66. The van der Waals surface area contributed by atoms with E-state index in [1.54, 1.807) is 13.0 Å². The minimum absolute atomic E-state index is 0.0141. The molecule has 0 heterocycles. The van der Waals surface area contributed by atoms with Crippen molar-refractivity contribution >= 4 is 5.97 Å². The van der Waals surface area contributed by atoms with Crippen LogP contribution in [0.1, 0.15) is 23.6 Å². The summed E-state index contributed by atoms with van der Waals surface area (Å²) in [6.07, 6.45) is -5.20. The molecule has 1 aromatic carbocycles. The number of alkyl halides is 3. The highest BCUT2D eigenvalue weighted by atomic mass is 19.4. The average Bonchev–Trinajstić information content (AvgIpc) is 2.37. The zero-order valence-electron chi connectivity index (χ0n) is 10.9. The lowest BCUT2D eigenvalue weighted by molar-refractivity contribution is -0.143. The molecule has 1 rings (SSSR count). The van der Waals surface area contributed by atoms with Crippen LogP contribution in [0.25, 0.3) is 0 Å². The number of ether oxygens (including phenoxy) is 2. The molecule has 7 heteroatoms. The number of hydrogen-bond acceptors (Lipinski definition) is 4. The normalized spacial score (nSPS) is 10.8. The van der Waals surface area contributed by atoms with Crippen LogP contribution in [0, 0.1) is 11.3 Å². The van der Waals surface area contributed by atoms with E-state index in [1.165, 1.54) is 7.11 Å². The summed E-state index contributed by atoms with van der Waals surface area (Å²) in [5.74, 6) is -0.787. The molecule has 20 heavy (non-hydrogen) atoms. The molecule has 0 bridgehead atoms. The van der Waals surface area contributed by atoms with Crippen molar-refractivity contribution in [3.05, 3.63) is 28.8 Å². The summed E-state index contributed by atoms with van der Waals surface area (Å²) in [4.78, 5) is 11.4. The monoisotopic (exact) mass is 287 g/mol. The number of carbonyl (C=O) groups is 1. The van der Waals surface area contributed by atoms with Gasteiger partial charge in [-0.3, -0.25) is 4.79 Å². The van der Waals surface area contributed by atoms with Gasteiger partial charge in [-0.25, -0.2) is 0 Å². The van der Waals surface area contributed by atoms with Gasteiger partial charge in [0.2, 0.25) is 0 Å². The van der Waals surface area contributed by atoms with Gasteiger partial charge in [-0.1, -0.05) is 0 Å². The standard InChI is InChI=1S/C13H12F3NO3/c1-3-20-12(18)6-8-5-11(19-2)9(7-17)4-10(8)13(14,15)16/h4-5H,3,6H2,1-2H3. The maximum absolute atomic E-state index is 12.9. The average molecular weight is 287 g/mol. The Kier molecular flexibility index (Phi) is 4.97. The van der Waals surface area contributed by atoms with E-state index >= 15 is 0 Å². The Balaban J connectivity index is 3.32. The third-order valence-electron chi connectivity index (χ3n) is 2.49. The molecule has 1 aromatic rings. The lowest BCUT2D eigenvalue weighted by Gasteiger charge is -2.15. The van der Waals surface area contributed by atoms with Gasteiger partial charge in [-0.15, -0.1) is 0 Å². The van der Waals surface area contributed by atoms with Crippen molar-refractivity contribution in [3.63, 3.8) is 0 Å². The lowest BCUT2D eigenvalue weighted by atomic mass is 10.00. The molecule has 0 aliphatic carbocycles. The molecule has 0 aromatic heterocycles. The van der Waals surface area contributed by atoms with Crippen LogP contribution < -0.4 is 4.74 Å². The number of nitriles is 1. The van der Waals surface area contributed by atoms with Crippen LogP contribution in [0.15, 0.2) is 12.1 Å². The molecule has 4 nitrogen and oxygen atoms in total. The Labute approximate surface area is 113 Å². The molecule has 0 spiro atoms. The van der Waals surface area contributed by atoms with Crippen molar-refractivity contribution in [2.75, 3.05) is 13.7 Å². The second-order valence-corrected chi connectivity index (χ2v) is 3.80. The predicted molar refractivity (Wildman–Crippen MR) is 63.0 cm³/mol. The second-order valence-electron chi connectivity index (χ2n) is 3.80. The van der Waals surface area contributed by atoms with Gasteiger partial charge in [0.25, 0.3) is 0 Å². The Morgan fingerprint density at radius 2 is 2.05 bits per heavy atom. The van der Waals surface area contributed by atoms with E-state index in [-0.39, 0.29) is 23.5 Å². The molecule has 0 amide bonds. The van der Waals surface area contributed by atoms with E-state index in [9.17, 15) is 18.0 Å². The third-order valence-corrected chi connectivity index (χ3v) is 2.49. The molecular formula is C13H12F3NO3. The minimum atomic E-state index is -4.67. The van der Waals surface area contributed by atoms with Crippen LogP contribution in [-0.2, 0) is 22.1 Å². The van der Waals surface area contributed by atoms with Crippen molar-refractivity contribution in [2.24, 2.45) is 0 Å². The van der Waals surface area contributed by atoms with E-state index in [0.717, 1.165) is 6.07 Å². The van der Waals surface area contributed by atoms with Crippen molar-refractivity contribution in [3.8, 4) is 11.8 Å². The van der Waals surface area contributed by atoms with Gasteiger partial charge in [0.05, 0.1) is 31.3 Å². The quantitative estimate of drug-likeness (QED) is 0.799. The van der Waals surface area contributed by atoms with Crippen LogP contribution in [-0.4, -0.2) is 19.7 Å². The van der Waals surface area contributed by atoms with E-state index < -0.39 is 24.1 Å². The molecule has 0 radical (unpaired) electrons. The molecule has 0 atom stereocenters. The van der Waals surface area contributed by atoms with Crippen molar-refractivity contribution in [2.45, 2.75) is 19.5 Å². The molecule has 0 aliphatic rings. The summed E-state index contributed by atoms with van der Waals surface area (Å²) < 4.78 is 48.3. The number of rotatable bonds is 4. The molecule has 0 N–H and O–H groups in total. The zero-order chi connectivity index (χ0) is 15.3. The van der Waals surface area contributed by atoms with Crippen molar-refractivity contribution in [1.29, 1.82) is 5.26 Å². The van der Waals surface area contributed by atoms with Gasteiger partial charge < -0.3 is 9.47 Å². The number of nitrogens with zero attached hydrogens (tertiary/aromatic N) is 1. The molecular weight excluding hydrogens is 275 g/mol. The Bertz CT molecular complexity index is 547. The van der Waals surface area contributed by atoms with E-state index in [2.05, 4.69) is 4.74 Å². The predicted octanol–water partition coefficient (Wildman–Crippen LogP) is 2.69. The largest absolute Gasteiger partial charge is 0.495 e. The van der Waals surface area contributed by atoms with Crippen LogP contribution in [0.4, 0.5) is 13.2 Å².